The molecule has 0 atom stereocenters. The van der Waals surface area contributed by atoms with Crippen molar-refractivity contribution in [2.24, 2.45) is 0 Å². The van der Waals surface area contributed by atoms with Gasteiger partial charge in [0.2, 0.25) is 5.91 Å². The molecule has 0 saturated heterocycles. The third-order valence-electron chi connectivity index (χ3n) is 3.10. The average Bonchev–Trinajstić information content (AvgIpc) is 2.90. The molecule has 1 aromatic heterocycles. The van der Waals surface area contributed by atoms with E-state index < -0.39 is 4.92 Å². The van der Waals surface area contributed by atoms with Gasteiger partial charge in [-0.1, -0.05) is 12.1 Å². The molecule has 0 aliphatic rings. The van der Waals surface area contributed by atoms with E-state index in [0.29, 0.717) is 17.9 Å². The van der Waals surface area contributed by atoms with Crippen molar-refractivity contribution in [3.63, 3.8) is 0 Å². The Labute approximate surface area is 127 Å². The number of rotatable bonds is 5. The average molecular weight is 300 g/mol. The van der Waals surface area contributed by atoms with Gasteiger partial charge in [-0.05, 0) is 31.2 Å². The van der Waals surface area contributed by atoms with Crippen molar-refractivity contribution >= 4 is 17.7 Å². The van der Waals surface area contributed by atoms with Crippen LogP contribution < -0.4 is 0 Å². The highest BCUT2D eigenvalue weighted by Gasteiger charge is 2.11. The van der Waals surface area contributed by atoms with Gasteiger partial charge in [-0.2, -0.15) is 0 Å². The Hall–Kier alpha value is -2.89. The fourth-order valence-electron chi connectivity index (χ4n) is 1.96. The molecule has 22 heavy (non-hydrogen) atoms. The first-order valence-corrected chi connectivity index (χ1v) is 6.69. The van der Waals surface area contributed by atoms with Gasteiger partial charge in [0.1, 0.15) is 11.5 Å². The number of nitro benzene ring substituents is 1. The number of carbonyl (C=O) groups excluding carboxylic acids is 1. The molecular weight excluding hydrogens is 284 g/mol. The van der Waals surface area contributed by atoms with E-state index in [1.54, 1.807) is 25.2 Å². The number of hydrogen-bond donors (Lipinski definition) is 0. The SMILES string of the molecule is Cc1ccc(CN(C)C(=O)/C=C/c2ccccc2[N+](=O)[O-])o1. The van der Waals surface area contributed by atoms with Crippen LogP contribution in [0.2, 0.25) is 0 Å². The summed E-state index contributed by atoms with van der Waals surface area (Å²) in [4.78, 5) is 23.9. The first kappa shape index (κ1) is 15.5. The molecule has 0 bridgehead atoms. The molecule has 0 N–H and O–H groups in total. The first-order valence-electron chi connectivity index (χ1n) is 6.69. The molecule has 2 aromatic rings. The van der Waals surface area contributed by atoms with Gasteiger partial charge >= 0.3 is 0 Å². The minimum Gasteiger partial charge on any atom is -0.464 e. The maximum absolute atomic E-state index is 12.0. The van der Waals surface area contributed by atoms with Crippen LogP contribution in [-0.2, 0) is 11.3 Å². The number of carbonyl (C=O) groups is 1. The van der Waals surface area contributed by atoms with Gasteiger partial charge in [0.25, 0.3) is 5.69 Å². The Morgan fingerprint density at radius 1 is 1.32 bits per heavy atom. The van der Waals surface area contributed by atoms with Crippen LogP contribution in [0.15, 0.2) is 46.9 Å². The summed E-state index contributed by atoms with van der Waals surface area (Å²) in [5, 5.41) is 10.9. The van der Waals surface area contributed by atoms with Crippen LogP contribution in [0.1, 0.15) is 17.1 Å². The number of likely N-dealkylation sites (N-methyl/N-ethyl adjacent to an activating group) is 1. The monoisotopic (exact) mass is 300 g/mol. The molecule has 0 saturated carbocycles. The van der Waals surface area contributed by atoms with Gasteiger partial charge in [-0.25, -0.2) is 0 Å². The quantitative estimate of drug-likeness (QED) is 0.483. The zero-order valence-electron chi connectivity index (χ0n) is 12.4. The molecule has 114 valence electrons. The molecule has 0 spiro atoms. The normalized spacial score (nSPS) is 10.8. The van der Waals surface area contributed by atoms with Crippen molar-refractivity contribution < 1.29 is 14.1 Å². The molecule has 0 aliphatic carbocycles. The zero-order chi connectivity index (χ0) is 16.1. The van der Waals surface area contributed by atoms with Crippen LogP contribution in [-0.4, -0.2) is 22.8 Å². The molecule has 2 rings (SSSR count). The van der Waals surface area contributed by atoms with Crippen LogP contribution in [0, 0.1) is 17.0 Å². The number of amides is 1. The lowest BCUT2D eigenvalue weighted by Crippen LogP contribution is -2.23. The number of para-hydroxylation sites is 1. The lowest BCUT2D eigenvalue weighted by molar-refractivity contribution is -0.385. The van der Waals surface area contributed by atoms with Gasteiger partial charge in [0.05, 0.1) is 17.0 Å². The van der Waals surface area contributed by atoms with Gasteiger partial charge in [-0.15, -0.1) is 0 Å². The predicted octanol–water partition coefficient (Wildman–Crippen LogP) is 3.17. The molecular formula is C16H16N2O4. The van der Waals surface area contributed by atoms with Gasteiger partial charge < -0.3 is 9.32 Å². The standard InChI is InChI=1S/C16H16N2O4/c1-12-7-9-14(22-12)11-17(2)16(19)10-8-13-5-3-4-6-15(13)18(20)21/h3-10H,11H2,1-2H3/b10-8+. The van der Waals surface area contributed by atoms with Crippen LogP contribution in [0.3, 0.4) is 0 Å². The van der Waals surface area contributed by atoms with E-state index >= 15 is 0 Å². The summed E-state index contributed by atoms with van der Waals surface area (Å²) in [6.07, 6.45) is 2.77. The van der Waals surface area contributed by atoms with E-state index in [4.69, 9.17) is 4.42 Å². The van der Waals surface area contributed by atoms with Crippen LogP contribution >= 0.6 is 0 Å². The van der Waals surface area contributed by atoms with Crippen LogP contribution in [0.25, 0.3) is 6.08 Å². The van der Waals surface area contributed by atoms with E-state index in [-0.39, 0.29) is 11.6 Å². The summed E-state index contributed by atoms with van der Waals surface area (Å²) in [5.74, 6) is 1.21. The second kappa shape index (κ2) is 6.71. The highest BCUT2D eigenvalue weighted by atomic mass is 16.6. The lowest BCUT2D eigenvalue weighted by Gasteiger charge is -2.13. The van der Waals surface area contributed by atoms with Crippen molar-refractivity contribution in [3.05, 3.63) is 69.7 Å². The summed E-state index contributed by atoms with van der Waals surface area (Å²) >= 11 is 0. The number of hydrogen-bond acceptors (Lipinski definition) is 4. The van der Waals surface area contributed by atoms with E-state index in [0.717, 1.165) is 5.76 Å². The molecule has 1 amide bonds. The fourth-order valence-corrected chi connectivity index (χ4v) is 1.96. The van der Waals surface area contributed by atoms with E-state index in [2.05, 4.69) is 0 Å². The highest BCUT2D eigenvalue weighted by molar-refractivity contribution is 5.92. The number of nitrogens with zero attached hydrogens (tertiary/aromatic N) is 2. The minimum absolute atomic E-state index is 0.0316. The summed E-state index contributed by atoms with van der Waals surface area (Å²) in [6.45, 7) is 2.17. The van der Waals surface area contributed by atoms with Crippen molar-refractivity contribution in [2.75, 3.05) is 7.05 Å². The maximum atomic E-state index is 12.0. The summed E-state index contributed by atoms with van der Waals surface area (Å²) in [6, 6.07) is 9.91. The topological polar surface area (TPSA) is 76.6 Å². The largest absolute Gasteiger partial charge is 0.464 e. The first-order chi connectivity index (χ1) is 10.5. The number of furan rings is 1. The van der Waals surface area contributed by atoms with E-state index in [1.807, 2.05) is 19.1 Å². The zero-order valence-corrected chi connectivity index (χ0v) is 12.4. The molecule has 0 aliphatic heterocycles. The molecule has 0 unspecified atom stereocenters. The number of aryl methyl sites for hydroxylation is 1. The molecule has 0 fully saturated rings. The second-order valence-corrected chi connectivity index (χ2v) is 4.86. The summed E-state index contributed by atoms with van der Waals surface area (Å²) < 4.78 is 5.41. The minimum atomic E-state index is -0.473. The van der Waals surface area contributed by atoms with Crippen molar-refractivity contribution in [1.29, 1.82) is 0 Å². The molecule has 0 radical (unpaired) electrons. The van der Waals surface area contributed by atoms with Crippen molar-refractivity contribution in [3.8, 4) is 0 Å². The molecule has 6 heteroatoms. The van der Waals surface area contributed by atoms with Crippen LogP contribution in [0.4, 0.5) is 5.69 Å². The number of nitro groups is 1. The lowest BCUT2D eigenvalue weighted by atomic mass is 10.1. The molecule has 1 heterocycles. The Morgan fingerprint density at radius 2 is 2.05 bits per heavy atom. The predicted molar refractivity (Wildman–Crippen MR) is 82.0 cm³/mol. The maximum Gasteiger partial charge on any atom is 0.276 e. The summed E-state index contributed by atoms with van der Waals surface area (Å²) in [5.41, 5.74) is 0.360. The van der Waals surface area contributed by atoms with Crippen molar-refractivity contribution in [1.82, 2.24) is 4.90 Å². The van der Waals surface area contributed by atoms with Gasteiger partial charge in [0, 0.05) is 19.2 Å². The Balaban J connectivity index is 2.06. The molecule has 1 aromatic carbocycles. The van der Waals surface area contributed by atoms with E-state index in [1.165, 1.54) is 23.1 Å². The number of benzene rings is 1. The smallest absolute Gasteiger partial charge is 0.276 e. The summed E-state index contributed by atoms with van der Waals surface area (Å²) in [7, 11) is 1.64. The van der Waals surface area contributed by atoms with Gasteiger partial charge in [-0.3, -0.25) is 14.9 Å². The van der Waals surface area contributed by atoms with Crippen molar-refractivity contribution in [2.45, 2.75) is 13.5 Å². The second-order valence-electron chi connectivity index (χ2n) is 4.86. The Bertz CT molecular complexity index is 718. The van der Waals surface area contributed by atoms with Gasteiger partial charge in [0.15, 0.2) is 0 Å². The Kier molecular flexibility index (Phi) is 4.73. The third-order valence-corrected chi connectivity index (χ3v) is 3.10. The van der Waals surface area contributed by atoms with E-state index in [9.17, 15) is 14.9 Å². The third kappa shape index (κ3) is 3.82. The molecule has 6 nitrogen and oxygen atoms in total. The van der Waals surface area contributed by atoms with Crippen LogP contribution in [0.5, 0.6) is 0 Å². The highest BCUT2D eigenvalue weighted by Crippen LogP contribution is 2.19. The Morgan fingerprint density at radius 3 is 2.68 bits per heavy atom. The fraction of sp³-hybridized carbons (Fsp3) is 0.188.